The minimum atomic E-state index is -0.123. The third-order valence-electron chi connectivity index (χ3n) is 2.56. The second-order valence-corrected chi connectivity index (χ2v) is 4.23. The molecule has 0 bridgehead atoms. The molecule has 1 nitrogen and oxygen atoms in total. The van der Waals surface area contributed by atoms with Gasteiger partial charge in [-0.1, -0.05) is 40.0 Å². The lowest BCUT2D eigenvalue weighted by Crippen LogP contribution is -2.15. The molecular formula is C11H24O. The molecule has 0 aliphatic heterocycles. The van der Waals surface area contributed by atoms with Crippen molar-refractivity contribution in [2.24, 2.45) is 11.8 Å². The lowest BCUT2D eigenvalue weighted by atomic mass is 9.92. The van der Waals surface area contributed by atoms with E-state index in [0.717, 1.165) is 12.3 Å². The molecule has 2 unspecified atom stereocenters. The SMILES string of the molecule is CCC(CCCC(C)C)C(C)O. The van der Waals surface area contributed by atoms with Gasteiger partial charge in [-0.05, 0) is 25.2 Å². The minimum absolute atomic E-state index is 0.123. The summed E-state index contributed by atoms with van der Waals surface area (Å²) < 4.78 is 0. The molecule has 0 saturated heterocycles. The van der Waals surface area contributed by atoms with Gasteiger partial charge in [-0.25, -0.2) is 0 Å². The van der Waals surface area contributed by atoms with Crippen molar-refractivity contribution < 1.29 is 5.11 Å². The van der Waals surface area contributed by atoms with Crippen LogP contribution in [0.25, 0.3) is 0 Å². The summed E-state index contributed by atoms with van der Waals surface area (Å²) in [5, 5.41) is 9.38. The third-order valence-corrected chi connectivity index (χ3v) is 2.56. The summed E-state index contributed by atoms with van der Waals surface area (Å²) in [6, 6.07) is 0. The first kappa shape index (κ1) is 12.0. The van der Waals surface area contributed by atoms with E-state index in [9.17, 15) is 5.11 Å². The fourth-order valence-corrected chi connectivity index (χ4v) is 1.57. The van der Waals surface area contributed by atoms with E-state index in [2.05, 4.69) is 20.8 Å². The number of aliphatic hydroxyl groups is 1. The van der Waals surface area contributed by atoms with Crippen LogP contribution in [0.1, 0.15) is 53.4 Å². The van der Waals surface area contributed by atoms with Crippen LogP contribution in [0.15, 0.2) is 0 Å². The largest absolute Gasteiger partial charge is 0.393 e. The van der Waals surface area contributed by atoms with Gasteiger partial charge in [0.15, 0.2) is 0 Å². The van der Waals surface area contributed by atoms with Gasteiger partial charge in [0, 0.05) is 0 Å². The van der Waals surface area contributed by atoms with E-state index in [-0.39, 0.29) is 6.10 Å². The molecule has 1 heteroatoms. The first-order chi connectivity index (χ1) is 5.57. The van der Waals surface area contributed by atoms with Crippen LogP contribution >= 0.6 is 0 Å². The Morgan fingerprint density at radius 1 is 1.08 bits per heavy atom. The van der Waals surface area contributed by atoms with Gasteiger partial charge in [-0.2, -0.15) is 0 Å². The van der Waals surface area contributed by atoms with Crippen molar-refractivity contribution in [3.8, 4) is 0 Å². The van der Waals surface area contributed by atoms with Crippen molar-refractivity contribution in [3.63, 3.8) is 0 Å². The monoisotopic (exact) mass is 172 g/mol. The average Bonchev–Trinajstić information content (AvgIpc) is 1.96. The second kappa shape index (κ2) is 6.47. The van der Waals surface area contributed by atoms with Gasteiger partial charge in [-0.3, -0.25) is 0 Å². The molecule has 0 aromatic carbocycles. The Balaban J connectivity index is 3.45. The van der Waals surface area contributed by atoms with Crippen molar-refractivity contribution in [1.29, 1.82) is 0 Å². The Morgan fingerprint density at radius 3 is 2.00 bits per heavy atom. The summed E-state index contributed by atoms with van der Waals surface area (Å²) in [7, 11) is 0. The van der Waals surface area contributed by atoms with Crippen molar-refractivity contribution >= 4 is 0 Å². The molecule has 0 aromatic heterocycles. The quantitative estimate of drug-likeness (QED) is 0.652. The molecule has 0 saturated carbocycles. The molecule has 0 rings (SSSR count). The van der Waals surface area contributed by atoms with E-state index in [0.29, 0.717) is 5.92 Å². The molecule has 12 heavy (non-hydrogen) atoms. The van der Waals surface area contributed by atoms with E-state index in [1.54, 1.807) is 0 Å². The summed E-state index contributed by atoms with van der Waals surface area (Å²) in [5.41, 5.74) is 0. The fraction of sp³-hybridized carbons (Fsp3) is 1.00. The Bertz CT molecular complexity index is 97.2. The lowest BCUT2D eigenvalue weighted by molar-refractivity contribution is 0.115. The van der Waals surface area contributed by atoms with Crippen LogP contribution < -0.4 is 0 Å². The van der Waals surface area contributed by atoms with Crippen molar-refractivity contribution in [3.05, 3.63) is 0 Å². The van der Waals surface area contributed by atoms with Gasteiger partial charge >= 0.3 is 0 Å². The van der Waals surface area contributed by atoms with Crippen LogP contribution in [-0.2, 0) is 0 Å². The highest BCUT2D eigenvalue weighted by molar-refractivity contribution is 4.63. The predicted octanol–water partition coefficient (Wildman–Crippen LogP) is 3.22. The highest BCUT2D eigenvalue weighted by atomic mass is 16.3. The second-order valence-electron chi connectivity index (χ2n) is 4.23. The Labute approximate surface area is 77.2 Å². The zero-order valence-corrected chi connectivity index (χ0v) is 9.01. The van der Waals surface area contributed by atoms with E-state index >= 15 is 0 Å². The smallest absolute Gasteiger partial charge is 0.0540 e. The molecular weight excluding hydrogens is 148 g/mol. The van der Waals surface area contributed by atoms with Gasteiger partial charge in [0.2, 0.25) is 0 Å². The van der Waals surface area contributed by atoms with Crippen LogP contribution in [0, 0.1) is 11.8 Å². The van der Waals surface area contributed by atoms with Crippen LogP contribution in [-0.4, -0.2) is 11.2 Å². The van der Waals surface area contributed by atoms with Gasteiger partial charge in [0.1, 0.15) is 0 Å². The van der Waals surface area contributed by atoms with Crippen molar-refractivity contribution in [2.45, 2.75) is 59.5 Å². The average molecular weight is 172 g/mol. The number of aliphatic hydroxyl groups excluding tert-OH is 1. The molecule has 1 N–H and O–H groups in total. The Kier molecular flexibility index (Phi) is 6.45. The molecule has 0 aliphatic carbocycles. The Hall–Kier alpha value is -0.0400. The van der Waals surface area contributed by atoms with Crippen LogP contribution in [0.2, 0.25) is 0 Å². The maximum absolute atomic E-state index is 9.38. The van der Waals surface area contributed by atoms with Crippen molar-refractivity contribution in [2.75, 3.05) is 0 Å². The number of rotatable bonds is 6. The van der Waals surface area contributed by atoms with Crippen LogP contribution in [0.3, 0.4) is 0 Å². The zero-order chi connectivity index (χ0) is 9.56. The first-order valence-electron chi connectivity index (χ1n) is 5.26. The summed E-state index contributed by atoms with van der Waals surface area (Å²) in [6.07, 6.45) is 4.73. The van der Waals surface area contributed by atoms with Gasteiger partial charge in [-0.15, -0.1) is 0 Å². The summed E-state index contributed by atoms with van der Waals surface area (Å²) >= 11 is 0. The van der Waals surface area contributed by atoms with Crippen molar-refractivity contribution in [1.82, 2.24) is 0 Å². The van der Waals surface area contributed by atoms with E-state index in [1.807, 2.05) is 6.92 Å². The Morgan fingerprint density at radius 2 is 1.67 bits per heavy atom. The lowest BCUT2D eigenvalue weighted by Gasteiger charge is -2.18. The third kappa shape index (κ3) is 5.59. The zero-order valence-electron chi connectivity index (χ0n) is 9.01. The minimum Gasteiger partial charge on any atom is -0.393 e. The van der Waals surface area contributed by atoms with E-state index in [1.165, 1.54) is 19.3 Å². The normalized spacial score (nSPS) is 16.5. The molecule has 74 valence electrons. The van der Waals surface area contributed by atoms with Gasteiger partial charge in [0.05, 0.1) is 6.10 Å². The maximum Gasteiger partial charge on any atom is 0.0540 e. The summed E-state index contributed by atoms with van der Waals surface area (Å²) in [4.78, 5) is 0. The standard InChI is InChI=1S/C11H24O/c1-5-11(10(4)12)8-6-7-9(2)3/h9-12H,5-8H2,1-4H3. The van der Waals surface area contributed by atoms with Crippen LogP contribution in [0.4, 0.5) is 0 Å². The molecule has 0 spiro atoms. The molecule has 0 fully saturated rings. The predicted molar refractivity (Wildman–Crippen MR) is 54.2 cm³/mol. The fourth-order valence-electron chi connectivity index (χ4n) is 1.57. The number of hydrogen-bond acceptors (Lipinski definition) is 1. The topological polar surface area (TPSA) is 20.2 Å². The van der Waals surface area contributed by atoms with Crippen LogP contribution in [0.5, 0.6) is 0 Å². The molecule has 0 radical (unpaired) electrons. The molecule has 0 amide bonds. The van der Waals surface area contributed by atoms with Gasteiger partial charge < -0.3 is 5.11 Å². The van der Waals surface area contributed by atoms with E-state index < -0.39 is 0 Å². The highest BCUT2D eigenvalue weighted by Crippen LogP contribution is 2.18. The molecule has 2 atom stereocenters. The summed E-state index contributed by atoms with van der Waals surface area (Å²) in [6.45, 7) is 8.57. The highest BCUT2D eigenvalue weighted by Gasteiger charge is 2.11. The molecule has 0 aliphatic rings. The number of hydrogen-bond donors (Lipinski definition) is 1. The first-order valence-corrected chi connectivity index (χ1v) is 5.26. The molecule has 0 heterocycles. The summed E-state index contributed by atoms with van der Waals surface area (Å²) in [5.74, 6) is 1.32. The maximum atomic E-state index is 9.38. The molecule has 0 aromatic rings. The van der Waals surface area contributed by atoms with E-state index in [4.69, 9.17) is 0 Å². The van der Waals surface area contributed by atoms with Gasteiger partial charge in [0.25, 0.3) is 0 Å².